The second-order valence-corrected chi connectivity index (χ2v) is 7.62. The van der Waals surface area contributed by atoms with Crippen LogP contribution in [0, 0.1) is 0 Å². The van der Waals surface area contributed by atoms with E-state index in [1.165, 1.54) is 10.5 Å². The Labute approximate surface area is 137 Å². The van der Waals surface area contributed by atoms with Crippen molar-refractivity contribution in [3.05, 3.63) is 11.9 Å². The molecule has 1 fully saturated rings. The van der Waals surface area contributed by atoms with Gasteiger partial charge in [-0.25, -0.2) is 18.4 Å². The van der Waals surface area contributed by atoms with Gasteiger partial charge in [0.2, 0.25) is 10.0 Å². The molecule has 0 unspecified atom stereocenters. The van der Waals surface area contributed by atoms with Crippen LogP contribution in [-0.4, -0.2) is 65.7 Å². The first-order valence-corrected chi connectivity index (χ1v) is 9.56. The molecule has 0 saturated carbocycles. The maximum atomic E-state index is 11.8. The van der Waals surface area contributed by atoms with Gasteiger partial charge in [-0.1, -0.05) is 15.9 Å². The second kappa shape index (κ2) is 6.88. The average molecular weight is 392 g/mol. The highest BCUT2D eigenvalue weighted by Gasteiger charge is 2.26. The van der Waals surface area contributed by atoms with Crippen LogP contribution in [0.2, 0.25) is 0 Å². The van der Waals surface area contributed by atoms with Gasteiger partial charge in [0.25, 0.3) is 0 Å². The molecule has 0 radical (unpaired) electrons. The number of aromatic nitrogens is 2. The third kappa shape index (κ3) is 3.55. The van der Waals surface area contributed by atoms with Gasteiger partial charge in [0.05, 0.1) is 17.3 Å². The van der Waals surface area contributed by atoms with Crippen molar-refractivity contribution in [2.45, 2.75) is 6.92 Å². The third-order valence-corrected chi connectivity index (χ3v) is 5.89. The van der Waals surface area contributed by atoms with E-state index in [2.05, 4.69) is 25.9 Å². The van der Waals surface area contributed by atoms with E-state index in [1.54, 1.807) is 6.92 Å². The summed E-state index contributed by atoms with van der Waals surface area (Å²) in [5.74, 6) is 0.491. The molecule has 2 heterocycles. The molecule has 1 aliphatic rings. The van der Waals surface area contributed by atoms with Crippen LogP contribution in [0.5, 0.6) is 0 Å². The van der Waals surface area contributed by atoms with Crippen LogP contribution in [0.15, 0.2) is 6.20 Å². The van der Waals surface area contributed by atoms with E-state index in [1.807, 2.05) is 4.90 Å². The van der Waals surface area contributed by atoms with Crippen LogP contribution >= 0.6 is 15.9 Å². The lowest BCUT2D eigenvalue weighted by atomic mass is 10.3. The number of carbonyl (C=O) groups is 1. The zero-order chi connectivity index (χ0) is 16.3. The summed E-state index contributed by atoms with van der Waals surface area (Å²) in [5, 5.41) is 0.123. The molecule has 1 aromatic heterocycles. The molecule has 22 heavy (non-hydrogen) atoms. The van der Waals surface area contributed by atoms with Crippen LogP contribution < -0.4 is 10.6 Å². The van der Waals surface area contributed by atoms with Gasteiger partial charge < -0.3 is 10.6 Å². The number of nitrogens with two attached hydrogens (primary N) is 1. The van der Waals surface area contributed by atoms with Gasteiger partial charge >= 0.3 is 0 Å². The number of ketones is 1. The predicted molar refractivity (Wildman–Crippen MR) is 87.8 cm³/mol. The van der Waals surface area contributed by atoms with Gasteiger partial charge in [0.15, 0.2) is 17.3 Å². The van der Waals surface area contributed by atoms with Crippen molar-refractivity contribution in [1.29, 1.82) is 0 Å². The maximum Gasteiger partial charge on any atom is 0.213 e. The normalized spacial score (nSPS) is 16.7. The Kier molecular flexibility index (Phi) is 5.35. The lowest BCUT2D eigenvalue weighted by Gasteiger charge is -2.34. The summed E-state index contributed by atoms with van der Waals surface area (Å²) >= 11 is 3.08. The summed E-state index contributed by atoms with van der Waals surface area (Å²) < 4.78 is 25.1. The van der Waals surface area contributed by atoms with Crippen molar-refractivity contribution in [2.24, 2.45) is 0 Å². The summed E-state index contributed by atoms with van der Waals surface area (Å²) in [7, 11) is -3.17. The lowest BCUT2D eigenvalue weighted by molar-refractivity contribution is 0.102. The quantitative estimate of drug-likeness (QED) is 0.559. The zero-order valence-electron chi connectivity index (χ0n) is 12.2. The Balaban J connectivity index is 2.13. The Morgan fingerprint density at radius 1 is 1.36 bits per heavy atom. The minimum Gasteiger partial charge on any atom is -0.382 e. The number of piperazine rings is 1. The van der Waals surface area contributed by atoms with E-state index in [0.29, 0.717) is 32.0 Å². The fraction of sp³-hybridized carbons (Fsp3) is 0.583. The van der Waals surface area contributed by atoms with Gasteiger partial charge in [-0.05, 0) is 6.92 Å². The number of halogens is 1. The predicted octanol–water partition coefficient (Wildman–Crippen LogP) is 0.108. The van der Waals surface area contributed by atoms with Crippen molar-refractivity contribution in [3.63, 3.8) is 0 Å². The largest absolute Gasteiger partial charge is 0.382 e. The number of carbonyl (C=O) groups excluding carboxylic acids is 1. The van der Waals surface area contributed by atoms with E-state index < -0.39 is 10.0 Å². The molecule has 2 rings (SSSR count). The monoisotopic (exact) mass is 391 g/mol. The van der Waals surface area contributed by atoms with Gasteiger partial charge in [0.1, 0.15) is 5.82 Å². The highest BCUT2D eigenvalue weighted by molar-refractivity contribution is 9.09. The second-order valence-electron chi connectivity index (χ2n) is 4.81. The summed E-state index contributed by atoms with van der Waals surface area (Å²) in [6, 6.07) is 0. The summed E-state index contributed by atoms with van der Waals surface area (Å²) in [6.07, 6.45) is 1.50. The van der Waals surface area contributed by atoms with Crippen molar-refractivity contribution in [3.8, 4) is 0 Å². The number of rotatable bonds is 5. The molecule has 0 aromatic carbocycles. The first kappa shape index (κ1) is 17.1. The Bertz CT molecular complexity index is 659. The fourth-order valence-corrected chi connectivity index (χ4v) is 3.54. The van der Waals surface area contributed by atoms with E-state index in [4.69, 9.17) is 5.73 Å². The van der Waals surface area contributed by atoms with Gasteiger partial charge in [0, 0.05) is 26.2 Å². The standard InChI is InChI=1S/C12H18BrN5O3S/c1-2-22(20,21)18-5-3-17(4-6-18)10-8-15-12(14)11(16-10)9(19)7-13/h8H,2-7H2,1H3,(H2,14,15). The highest BCUT2D eigenvalue weighted by atomic mass is 79.9. The number of nitrogens with zero attached hydrogens (tertiary/aromatic N) is 4. The first-order valence-electron chi connectivity index (χ1n) is 6.83. The molecule has 2 N–H and O–H groups in total. The van der Waals surface area contributed by atoms with Crippen LogP contribution in [0.1, 0.15) is 17.4 Å². The Hall–Kier alpha value is -1.26. The molecule has 0 amide bonds. The van der Waals surface area contributed by atoms with Crippen molar-refractivity contribution >= 4 is 43.4 Å². The van der Waals surface area contributed by atoms with Gasteiger partial charge in [-0.15, -0.1) is 0 Å². The van der Waals surface area contributed by atoms with Crippen LogP contribution in [0.4, 0.5) is 11.6 Å². The van der Waals surface area contributed by atoms with E-state index in [0.717, 1.165) is 0 Å². The molecule has 1 aromatic rings. The van der Waals surface area contributed by atoms with Crippen LogP contribution in [0.25, 0.3) is 0 Å². The summed E-state index contributed by atoms with van der Waals surface area (Å²) in [5.41, 5.74) is 5.81. The molecule has 0 bridgehead atoms. The van der Waals surface area contributed by atoms with Crippen LogP contribution in [0.3, 0.4) is 0 Å². The summed E-state index contributed by atoms with van der Waals surface area (Å²) in [6.45, 7) is 3.42. The first-order chi connectivity index (χ1) is 10.4. The number of alkyl halides is 1. The molecule has 10 heteroatoms. The van der Waals surface area contributed by atoms with Gasteiger partial charge in [-0.2, -0.15) is 4.31 Å². The molecule has 1 saturated heterocycles. The molecular weight excluding hydrogens is 374 g/mol. The van der Waals surface area contributed by atoms with E-state index in [9.17, 15) is 13.2 Å². The van der Waals surface area contributed by atoms with Crippen molar-refractivity contribution in [2.75, 3.05) is 47.9 Å². The zero-order valence-corrected chi connectivity index (χ0v) is 14.6. The molecule has 122 valence electrons. The van der Waals surface area contributed by atoms with E-state index in [-0.39, 0.29) is 28.4 Å². The fourth-order valence-electron chi connectivity index (χ4n) is 2.19. The molecule has 8 nitrogen and oxygen atoms in total. The van der Waals surface area contributed by atoms with Gasteiger partial charge in [-0.3, -0.25) is 4.79 Å². The highest BCUT2D eigenvalue weighted by Crippen LogP contribution is 2.18. The smallest absolute Gasteiger partial charge is 0.213 e. The maximum absolute atomic E-state index is 11.8. The average Bonchev–Trinajstić information content (AvgIpc) is 2.54. The van der Waals surface area contributed by atoms with Crippen LogP contribution in [-0.2, 0) is 10.0 Å². The Morgan fingerprint density at radius 2 is 2.00 bits per heavy atom. The minimum atomic E-state index is -3.17. The molecule has 0 aliphatic carbocycles. The number of hydrogen-bond donors (Lipinski definition) is 1. The molecule has 0 atom stereocenters. The minimum absolute atomic E-state index is 0.0958. The summed E-state index contributed by atoms with van der Waals surface area (Å²) in [4.78, 5) is 21.9. The third-order valence-electron chi connectivity index (χ3n) is 3.49. The topological polar surface area (TPSA) is 109 Å². The van der Waals surface area contributed by atoms with Crippen molar-refractivity contribution in [1.82, 2.24) is 14.3 Å². The molecule has 1 aliphatic heterocycles. The Morgan fingerprint density at radius 3 is 2.55 bits per heavy atom. The number of hydrogen-bond acceptors (Lipinski definition) is 7. The number of anilines is 2. The number of nitrogen functional groups attached to an aromatic ring is 1. The van der Waals surface area contributed by atoms with Crippen molar-refractivity contribution < 1.29 is 13.2 Å². The van der Waals surface area contributed by atoms with E-state index >= 15 is 0 Å². The number of Topliss-reactive ketones (excluding diaryl/α,β-unsaturated/α-hetero) is 1. The number of sulfonamides is 1. The lowest BCUT2D eigenvalue weighted by Crippen LogP contribution is -2.49. The SMILES string of the molecule is CCS(=O)(=O)N1CCN(c2cnc(N)c(C(=O)CBr)n2)CC1. The molecular formula is C12H18BrN5O3S. The molecule has 0 spiro atoms.